The summed E-state index contributed by atoms with van der Waals surface area (Å²) in [6.07, 6.45) is 3.36. The van der Waals surface area contributed by atoms with Crippen molar-refractivity contribution >= 4 is 11.7 Å². The highest BCUT2D eigenvalue weighted by atomic mass is 19.1. The third-order valence-electron chi connectivity index (χ3n) is 6.76. The van der Waals surface area contributed by atoms with Gasteiger partial charge in [0.2, 0.25) is 0 Å². The topological polar surface area (TPSA) is 75.7 Å². The van der Waals surface area contributed by atoms with Crippen molar-refractivity contribution in [2.24, 2.45) is 0 Å². The van der Waals surface area contributed by atoms with E-state index in [1.807, 2.05) is 33.9 Å². The lowest BCUT2D eigenvalue weighted by molar-refractivity contribution is 0.0908. The highest BCUT2D eigenvalue weighted by molar-refractivity contribution is 5.94. The molecule has 4 rings (SSSR count). The van der Waals surface area contributed by atoms with Gasteiger partial charge in [-0.1, -0.05) is 12.1 Å². The predicted octanol–water partition coefficient (Wildman–Crippen LogP) is 5.43. The molecule has 1 amide bonds. The average molecular weight is 521 g/mol. The molecule has 38 heavy (non-hydrogen) atoms. The number of aryl methyl sites for hydroxylation is 1. The number of hydrogen-bond acceptors (Lipinski definition) is 6. The number of nitrogens with zero attached hydrogens (tertiary/aromatic N) is 2. The Labute approximate surface area is 224 Å². The molecule has 0 aliphatic carbocycles. The summed E-state index contributed by atoms with van der Waals surface area (Å²) >= 11 is 0. The first kappa shape index (κ1) is 27.4. The summed E-state index contributed by atoms with van der Waals surface area (Å²) in [5.74, 6) is 1.88. The number of pyridine rings is 1. The Hall–Kier alpha value is -3.65. The molecule has 7 nitrogen and oxygen atoms in total. The molecule has 0 atom stereocenters. The number of hydrogen-bond donors (Lipinski definition) is 2. The largest absolute Gasteiger partial charge is 0.493 e. The Balaban J connectivity index is 1.42. The fraction of sp³-hybridized carbons (Fsp3) is 0.400. The third kappa shape index (κ3) is 6.61. The lowest BCUT2D eigenvalue weighted by Gasteiger charge is -2.32. The SMILES string of the molecule is CCOc1cc(CN2CCC(NC(=O)c3cnc(NC)c(C)c3)CC2)cc(OCC)c1-c1ccc(F)cc1. The molecule has 1 fully saturated rings. The minimum atomic E-state index is -0.278. The Kier molecular flexibility index (Phi) is 9.18. The van der Waals surface area contributed by atoms with Gasteiger partial charge in [0.1, 0.15) is 23.1 Å². The van der Waals surface area contributed by atoms with Crippen molar-refractivity contribution in [1.82, 2.24) is 15.2 Å². The second-order valence-corrected chi connectivity index (χ2v) is 9.50. The van der Waals surface area contributed by atoms with Gasteiger partial charge in [0, 0.05) is 38.9 Å². The smallest absolute Gasteiger partial charge is 0.253 e. The van der Waals surface area contributed by atoms with Crippen molar-refractivity contribution < 1.29 is 18.7 Å². The number of nitrogens with one attached hydrogen (secondary N) is 2. The van der Waals surface area contributed by atoms with E-state index in [1.54, 1.807) is 18.3 Å². The van der Waals surface area contributed by atoms with E-state index in [1.165, 1.54) is 12.1 Å². The molecule has 3 aromatic rings. The Morgan fingerprint density at radius 1 is 1.05 bits per heavy atom. The van der Waals surface area contributed by atoms with Gasteiger partial charge in [-0.25, -0.2) is 9.37 Å². The van der Waals surface area contributed by atoms with Gasteiger partial charge in [-0.05, 0) is 80.6 Å². The molecule has 1 saturated heterocycles. The van der Waals surface area contributed by atoms with Gasteiger partial charge in [0.25, 0.3) is 5.91 Å². The number of piperidine rings is 1. The lowest BCUT2D eigenvalue weighted by atomic mass is 9.99. The van der Waals surface area contributed by atoms with Crippen molar-refractivity contribution in [2.45, 2.75) is 46.2 Å². The summed E-state index contributed by atoms with van der Waals surface area (Å²) in [6, 6.07) is 12.5. The first-order valence-corrected chi connectivity index (χ1v) is 13.3. The van der Waals surface area contributed by atoms with Crippen LogP contribution < -0.4 is 20.1 Å². The molecule has 0 radical (unpaired) electrons. The second-order valence-electron chi connectivity index (χ2n) is 9.50. The van der Waals surface area contributed by atoms with Crippen LogP contribution in [-0.4, -0.2) is 55.2 Å². The fourth-order valence-electron chi connectivity index (χ4n) is 4.90. The van der Waals surface area contributed by atoms with Gasteiger partial charge in [-0.15, -0.1) is 0 Å². The molecule has 202 valence electrons. The van der Waals surface area contributed by atoms with Crippen LogP contribution in [0.5, 0.6) is 11.5 Å². The number of aromatic nitrogens is 1. The summed E-state index contributed by atoms with van der Waals surface area (Å²) in [6.45, 7) is 9.36. The molecule has 1 aromatic heterocycles. The molecule has 8 heteroatoms. The fourth-order valence-corrected chi connectivity index (χ4v) is 4.90. The van der Waals surface area contributed by atoms with Crippen LogP contribution in [0, 0.1) is 12.7 Å². The molecule has 2 N–H and O–H groups in total. The maximum atomic E-state index is 13.6. The molecule has 0 unspecified atom stereocenters. The molecule has 2 aromatic carbocycles. The summed E-state index contributed by atoms with van der Waals surface area (Å²) < 4.78 is 25.6. The first-order valence-electron chi connectivity index (χ1n) is 13.3. The third-order valence-corrected chi connectivity index (χ3v) is 6.76. The lowest BCUT2D eigenvalue weighted by Crippen LogP contribution is -2.44. The van der Waals surface area contributed by atoms with Crippen LogP contribution >= 0.6 is 0 Å². The van der Waals surface area contributed by atoms with Crippen LogP contribution in [0.25, 0.3) is 11.1 Å². The van der Waals surface area contributed by atoms with E-state index in [0.717, 1.165) is 72.0 Å². The summed E-state index contributed by atoms with van der Waals surface area (Å²) in [4.78, 5) is 19.5. The van der Waals surface area contributed by atoms with Crippen LogP contribution in [0.3, 0.4) is 0 Å². The molecule has 0 spiro atoms. The van der Waals surface area contributed by atoms with Gasteiger partial charge in [-0.3, -0.25) is 9.69 Å². The van der Waals surface area contributed by atoms with Gasteiger partial charge in [-0.2, -0.15) is 0 Å². The number of halogens is 1. The molecule has 0 bridgehead atoms. The zero-order valence-corrected chi connectivity index (χ0v) is 22.6. The maximum Gasteiger partial charge on any atom is 0.253 e. The van der Waals surface area contributed by atoms with Gasteiger partial charge in [0.05, 0.1) is 24.3 Å². The molecular formula is C30H37FN4O3. The van der Waals surface area contributed by atoms with Gasteiger partial charge < -0.3 is 20.1 Å². The van der Waals surface area contributed by atoms with E-state index in [0.29, 0.717) is 18.8 Å². The maximum absolute atomic E-state index is 13.6. The van der Waals surface area contributed by atoms with Crippen LogP contribution in [0.4, 0.5) is 10.2 Å². The minimum absolute atomic E-state index is 0.0826. The summed E-state index contributed by atoms with van der Waals surface area (Å²) in [7, 11) is 1.82. The number of benzene rings is 2. The molecule has 0 saturated carbocycles. The number of amides is 1. The van der Waals surface area contributed by atoms with Crippen molar-refractivity contribution in [1.29, 1.82) is 0 Å². The Bertz CT molecular complexity index is 1210. The second kappa shape index (κ2) is 12.7. The van der Waals surface area contributed by atoms with E-state index in [-0.39, 0.29) is 17.8 Å². The van der Waals surface area contributed by atoms with Crippen LogP contribution in [0.2, 0.25) is 0 Å². The first-order chi connectivity index (χ1) is 18.4. The number of carbonyl (C=O) groups excluding carboxylic acids is 1. The summed E-state index contributed by atoms with van der Waals surface area (Å²) in [5.41, 5.74) is 4.31. The van der Waals surface area contributed by atoms with E-state index < -0.39 is 0 Å². The zero-order valence-electron chi connectivity index (χ0n) is 22.6. The number of ether oxygens (including phenoxy) is 2. The minimum Gasteiger partial charge on any atom is -0.493 e. The Morgan fingerprint density at radius 3 is 2.24 bits per heavy atom. The van der Waals surface area contributed by atoms with Gasteiger partial charge in [0.15, 0.2) is 0 Å². The number of rotatable bonds is 10. The van der Waals surface area contributed by atoms with E-state index in [2.05, 4.69) is 32.7 Å². The van der Waals surface area contributed by atoms with Crippen molar-refractivity contribution in [2.75, 3.05) is 38.7 Å². The standard InChI is InChI=1S/C30H37FN4O3/c1-5-37-26-16-21(17-27(38-6-2)28(26)22-7-9-24(31)10-8-22)19-35-13-11-25(12-14-35)34-30(36)23-15-20(3)29(32-4)33-18-23/h7-10,15-18,25H,5-6,11-14,19H2,1-4H3,(H,32,33)(H,34,36). The number of anilines is 1. The number of likely N-dealkylation sites (tertiary alicyclic amines) is 1. The van der Waals surface area contributed by atoms with E-state index in [4.69, 9.17) is 9.47 Å². The van der Waals surface area contributed by atoms with Crippen molar-refractivity contribution in [3.8, 4) is 22.6 Å². The highest BCUT2D eigenvalue weighted by Gasteiger charge is 2.23. The number of carbonyl (C=O) groups is 1. The molecule has 1 aliphatic heterocycles. The van der Waals surface area contributed by atoms with Crippen LogP contribution in [-0.2, 0) is 6.54 Å². The highest BCUT2D eigenvalue weighted by Crippen LogP contribution is 2.40. The van der Waals surface area contributed by atoms with E-state index in [9.17, 15) is 9.18 Å². The van der Waals surface area contributed by atoms with E-state index >= 15 is 0 Å². The monoisotopic (exact) mass is 520 g/mol. The van der Waals surface area contributed by atoms with Crippen molar-refractivity contribution in [3.05, 3.63) is 71.2 Å². The molecule has 2 heterocycles. The molecular weight excluding hydrogens is 483 g/mol. The normalized spacial score (nSPS) is 14.2. The summed E-state index contributed by atoms with van der Waals surface area (Å²) in [5, 5.41) is 6.20. The van der Waals surface area contributed by atoms with Crippen LogP contribution in [0.15, 0.2) is 48.7 Å². The Morgan fingerprint density at radius 2 is 1.68 bits per heavy atom. The zero-order chi connectivity index (χ0) is 27.1. The van der Waals surface area contributed by atoms with Crippen LogP contribution in [0.1, 0.15) is 48.2 Å². The quantitative estimate of drug-likeness (QED) is 0.371. The predicted molar refractivity (Wildman–Crippen MR) is 148 cm³/mol. The average Bonchev–Trinajstić information content (AvgIpc) is 2.91. The van der Waals surface area contributed by atoms with Crippen molar-refractivity contribution in [3.63, 3.8) is 0 Å². The van der Waals surface area contributed by atoms with Gasteiger partial charge >= 0.3 is 0 Å². The molecule has 1 aliphatic rings.